The number of hydrogen-bond acceptors (Lipinski definition) is 4. The number of amides is 1. The number of carbonyl (C=O) groups excluding carboxylic acids is 1. The van der Waals surface area contributed by atoms with Gasteiger partial charge in [0.2, 0.25) is 11.9 Å². The van der Waals surface area contributed by atoms with E-state index in [1.807, 2.05) is 19.9 Å². The van der Waals surface area contributed by atoms with Crippen LogP contribution in [-0.4, -0.2) is 25.2 Å². The molecular formula is C19H20FN5O2. The first-order valence-corrected chi connectivity index (χ1v) is 8.43. The van der Waals surface area contributed by atoms with Gasteiger partial charge in [-0.05, 0) is 58.0 Å². The predicted molar refractivity (Wildman–Crippen MR) is 99.6 cm³/mol. The Bertz CT molecular complexity index is 1070. The Kier molecular flexibility index (Phi) is 4.89. The van der Waals surface area contributed by atoms with E-state index < -0.39 is 11.7 Å². The van der Waals surface area contributed by atoms with E-state index in [0.717, 1.165) is 11.4 Å². The molecule has 1 aromatic carbocycles. The molecule has 0 spiro atoms. The molecule has 0 atom stereocenters. The minimum absolute atomic E-state index is 0.238. The van der Waals surface area contributed by atoms with Crippen LogP contribution in [-0.2, 0) is 11.3 Å². The summed E-state index contributed by atoms with van der Waals surface area (Å²) in [5.41, 5.74) is 2.77. The molecule has 3 rings (SSSR count). The smallest absolute Gasteiger partial charge is 0.258 e. The van der Waals surface area contributed by atoms with Crippen molar-refractivity contribution < 1.29 is 9.18 Å². The third-order valence-electron chi connectivity index (χ3n) is 4.25. The molecule has 2 aromatic heterocycles. The lowest BCUT2D eigenvalue weighted by molar-refractivity contribution is -0.116. The topological polar surface area (TPSA) is 81.8 Å². The lowest BCUT2D eigenvalue weighted by Gasteiger charge is -2.15. The van der Waals surface area contributed by atoms with Gasteiger partial charge >= 0.3 is 0 Å². The fourth-order valence-electron chi connectivity index (χ4n) is 2.76. The van der Waals surface area contributed by atoms with Crippen molar-refractivity contribution in [2.24, 2.45) is 0 Å². The second-order valence-corrected chi connectivity index (χ2v) is 6.41. The van der Waals surface area contributed by atoms with Crippen LogP contribution < -0.4 is 10.9 Å². The van der Waals surface area contributed by atoms with Crippen LogP contribution >= 0.6 is 0 Å². The number of rotatable bonds is 4. The van der Waals surface area contributed by atoms with Gasteiger partial charge in [-0.25, -0.2) is 14.1 Å². The van der Waals surface area contributed by atoms with Gasteiger partial charge < -0.3 is 5.32 Å². The molecule has 27 heavy (non-hydrogen) atoms. The lowest BCUT2D eigenvalue weighted by Crippen LogP contribution is -2.33. The van der Waals surface area contributed by atoms with Crippen LogP contribution in [0.5, 0.6) is 0 Å². The van der Waals surface area contributed by atoms with Gasteiger partial charge in [-0.15, -0.1) is 0 Å². The third-order valence-corrected chi connectivity index (χ3v) is 4.25. The summed E-state index contributed by atoms with van der Waals surface area (Å²) in [6.07, 6.45) is 0. The minimum atomic E-state index is -0.420. The summed E-state index contributed by atoms with van der Waals surface area (Å²) >= 11 is 0. The Morgan fingerprint density at radius 1 is 1.15 bits per heavy atom. The first-order chi connectivity index (χ1) is 12.8. The number of nitrogens with one attached hydrogen (secondary N) is 1. The molecule has 140 valence electrons. The Morgan fingerprint density at radius 3 is 2.41 bits per heavy atom. The summed E-state index contributed by atoms with van der Waals surface area (Å²) in [6, 6.07) is 7.28. The number of halogens is 1. The molecule has 8 heteroatoms. The zero-order chi connectivity index (χ0) is 19.7. The number of nitrogens with zero attached hydrogens (tertiary/aromatic N) is 4. The van der Waals surface area contributed by atoms with Crippen molar-refractivity contribution in [3.63, 3.8) is 0 Å². The molecule has 0 aliphatic rings. The Labute approximate surface area is 155 Å². The Balaban J connectivity index is 2.00. The van der Waals surface area contributed by atoms with Gasteiger partial charge in [0.1, 0.15) is 12.4 Å². The van der Waals surface area contributed by atoms with Crippen LogP contribution in [0.1, 0.15) is 22.6 Å². The van der Waals surface area contributed by atoms with Gasteiger partial charge in [0.05, 0.1) is 5.69 Å². The standard InChI is InChI=1S/C19H20FN5O2/c1-11-9-12(2)25(23-11)19-21-14(4)13(3)18(27)24(19)10-17(26)22-16-7-5-15(20)6-8-16/h5-9H,10H2,1-4H3,(H,22,26). The summed E-state index contributed by atoms with van der Waals surface area (Å²) < 4.78 is 15.9. The van der Waals surface area contributed by atoms with Gasteiger partial charge in [0.25, 0.3) is 5.56 Å². The molecule has 1 N–H and O–H groups in total. The predicted octanol–water partition coefficient (Wildman–Crippen LogP) is 2.44. The second-order valence-electron chi connectivity index (χ2n) is 6.41. The largest absolute Gasteiger partial charge is 0.325 e. The maximum Gasteiger partial charge on any atom is 0.258 e. The van der Waals surface area contributed by atoms with Crippen molar-refractivity contribution in [2.45, 2.75) is 34.2 Å². The van der Waals surface area contributed by atoms with Gasteiger partial charge in [-0.1, -0.05) is 0 Å². The molecule has 0 saturated heterocycles. The van der Waals surface area contributed by atoms with Crippen molar-refractivity contribution in [1.82, 2.24) is 19.3 Å². The van der Waals surface area contributed by atoms with E-state index in [4.69, 9.17) is 0 Å². The molecule has 0 bridgehead atoms. The number of carbonyl (C=O) groups is 1. The summed E-state index contributed by atoms with van der Waals surface area (Å²) in [5, 5.41) is 7.03. The molecule has 0 aliphatic carbocycles. The fourth-order valence-corrected chi connectivity index (χ4v) is 2.76. The van der Waals surface area contributed by atoms with Crippen molar-refractivity contribution in [3.05, 3.63) is 69.1 Å². The van der Waals surface area contributed by atoms with Crippen molar-refractivity contribution in [1.29, 1.82) is 0 Å². The first kappa shape index (κ1) is 18.5. The molecule has 0 unspecified atom stereocenters. The van der Waals surface area contributed by atoms with Crippen molar-refractivity contribution in [3.8, 4) is 5.95 Å². The maximum atomic E-state index is 13.0. The average Bonchev–Trinajstić information content (AvgIpc) is 2.95. The van der Waals surface area contributed by atoms with Crippen LogP contribution in [0.3, 0.4) is 0 Å². The molecule has 1 amide bonds. The molecule has 0 aliphatic heterocycles. The molecule has 0 fully saturated rings. The van der Waals surface area contributed by atoms with Crippen molar-refractivity contribution >= 4 is 11.6 Å². The Morgan fingerprint density at radius 2 is 1.81 bits per heavy atom. The molecule has 0 saturated carbocycles. The number of aryl methyl sites for hydroxylation is 3. The van der Waals surface area contributed by atoms with E-state index >= 15 is 0 Å². The maximum absolute atomic E-state index is 13.0. The molecule has 0 radical (unpaired) electrons. The van der Waals surface area contributed by atoms with E-state index in [1.54, 1.807) is 18.5 Å². The highest BCUT2D eigenvalue weighted by Gasteiger charge is 2.18. The summed E-state index contributed by atoms with van der Waals surface area (Å²) in [4.78, 5) is 29.7. The third kappa shape index (κ3) is 3.79. The monoisotopic (exact) mass is 369 g/mol. The van der Waals surface area contributed by atoms with E-state index in [2.05, 4.69) is 15.4 Å². The van der Waals surface area contributed by atoms with Crippen LogP contribution in [0.2, 0.25) is 0 Å². The van der Waals surface area contributed by atoms with Gasteiger partial charge in [-0.3, -0.25) is 14.2 Å². The zero-order valence-electron chi connectivity index (χ0n) is 15.6. The van der Waals surface area contributed by atoms with Gasteiger partial charge in [-0.2, -0.15) is 5.10 Å². The van der Waals surface area contributed by atoms with E-state index in [-0.39, 0.29) is 18.1 Å². The number of hydrogen-bond donors (Lipinski definition) is 1. The first-order valence-electron chi connectivity index (χ1n) is 8.43. The SMILES string of the molecule is Cc1cc(C)n(-c2nc(C)c(C)c(=O)n2CC(=O)Nc2ccc(F)cc2)n1. The normalized spacial score (nSPS) is 10.9. The van der Waals surface area contributed by atoms with Crippen LogP contribution in [0.4, 0.5) is 10.1 Å². The second kappa shape index (κ2) is 7.14. The molecule has 3 aromatic rings. The van der Waals surface area contributed by atoms with Gasteiger partial charge in [0, 0.05) is 22.6 Å². The highest BCUT2D eigenvalue weighted by Crippen LogP contribution is 2.12. The van der Waals surface area contributed by atoms with Crippen molar-refractivity contribution in [2.75, 3.05) is 5.32 Å². The molecular weight excluding hydrogens is 349 g/mol. The lowest BCUT2D eigenvalue weighted by atomic mass is 10.2. The van der Waals surface area contributed by atoms with Gasteiger partial charge in [0.15, 0.2) is 0 Å². The van der Waals surface area contributed by atoms with E-state index in [9.17, 15) is 14.0 Å². The molecule has 7 nitrogen and oxygen atoms in total. The summed E-state index contributed by atoms with van der Waals surface area (Å²) in [5.74, 6) is -0.533. The van der Waals surface area contributed by atoms with Crippen LogP contribution in [0.25, 0.3) is 5.95 Å². The van der Waals surface area contributed by atoms with Crippen LogP contribution in [0.15, 0.2) is 35.1 Å². The highest BCUT2D eigenvalue weighted by molar-refractivity contribution is 5.90. The Hall–Kier alpha value is -3.29. The summed E-state index contributed by atoms with van der Waals surface area (Å²) in [7, 11) is 0. The minimum Gasteiger partial charge on any atom is -0.325 e. The number of anilines is 1. The quantitative estimate of drug-likeness (QED) is 0.766. The number of benzene rings is 1. The molecule has 2 heterocycles. The fraction of sp³-hybridized carbons (Fsp3) is 0.263. The van der Waals surface area contributed by atoms with Crippen LogP contribution in [0, 0.1) is 33.5 Å². The zero-order valence-corrected chi connectivity index (χ0v) is 15.6. The highest BCUT2D eigenvalue weighted by atomic mass is 19.1. The van der Waals surface area contributed by atoms with E-state index in [0.29, 0.717) is 16.9 Å². The summed E-state index contributed by atoms with van der Waals surface area (Å²) in [6.45, 7) is 6.87. The van der Waals surface area contributed by atoms with E-state index in [1.165, 1.54) is 28.8 Å². The average molecular weight is 369 g/mol. The number of aromatic nitrogens is 4.